The molecule has 3 saturated heterocycles. The number of carbonyl (C=O) groups is 4. The van der Waals surface area contributed by atoms with Crippen molar-refractivity contribution in [3.05, 3.63) is 34.9 Å². The molecular weight excluding hydrogens is 384 g/mol. The molecule has 2 bridgehead atoms. The molecule has 8 nitrogen and oxygen atoms in total. The molecule has 0 spiro atoms. The highest BCUT2D eigenvalue weighted by Gasteiger charge is 2.47. The van der Waals surface area contributed by atoms with E-state index in [-0.39, 0.29) is 24.2 Å². The van der Waals surface area contributed by atoms with E-state index in [4.69, 9.17) is 5.73 Å². The molecule has 4 heterocycles. The largest absolute Gasteiger partial charge is 0.330 e. The Morgan fingerprint density at radius 2 is 1.83 bits per heavy atom. The van der Waals surface area contributed by atoms with Gasteiger partial charge in [0, 0.05) is 25.6 Å². The number of hydrogen-bond donors (Lipinski definition) is 2. The Morgan fingerprint density at radius 1 is 1.07 bits per heavy atom. The third-order valence-electron chi connectivity index (χ3n) is 7.43. The van der Waals surface area contributed by atoms with Crippen molar-refractivity contribution in [2.24, 2.45) is 11.1 Å². The van der Waals surface area contributed by atoms with Crippen molar-refractivity contribution in [2.75, 3.05) is 13.1 Å². The molecule has 1 aromatic carbocycles. The highest BCUT2D eigenvalue weighted by Crippen LogP contribution is 2.44. The van der Waals surface area contributed by atoms with E-state index in [2.05, 4.69) is 10.2 Å². The highest BCUT2D eigenvalue weighted by molar-refractivity contribution is 6.24. The summed E-state index contributed by atoms with van der Waals surface area (Å²) in [6.07, 6.45) is 4.81. The van der Waals surface area contributed by atoms with E-state index in [0.29, 0.717) is 30.3 Å². The maximum atomic E-state index is 13.3. The van der Waals surface area contributed by atoms with Gasteiger partial charge in [-0.1, -0.05) is 12.1 Å². The molecule has 1 unspecified atom stereocenters. The molecule has 1 atom stereocenters. The number of hydrogen-bond acceptors (Lipinski definition) is 6. The van der Waals surface area contributed by atoms with Gasteiger partial charge < -0.3 is 5.73 Å². The molecule has 0 aromatic heterocycles. The highest BCUT2D eigenvalue weighted by atomic mass is 16.2. The summed E-state index contributed by atoms with van der Waals surface area (Å²) in [7, 11) is 0. The molecule has 4 aliphatic heterocycles. The second-order valence-corrected chi connectivity index (χ2v) is 9.13. The van der Waals surface area contributed by atoms with E-state index in [1.54, 1.807) is 12.1 Å². The van der Waals surface area contributed by atoms with Gasteiger partial charge in [0.05, 0.1) is 11.1 Å². The normalized spacial score (nSPS) is 31.3. The summed E-state index contributed by atoms with van der Waals surface area (Å²) in [4.78, 5) is 53.5. The number of rotatable bonds is 4. The van der Waals surface area contributed by atoms with Crippen LogP contribution in [0.15, 0.2) is 18.2 Å². The summed E-state index contributed by atoms with van der Waals surface area (Å²) in [5.74, 6) is -1.84. The first-order valence-corrected chi connectivity index (χ1v) is 10.7. The topological polar surface area (TPSA) is 113 Å². The second-order valence-electron chi connectivity index (χ2n) is 9.13. The summed E-state index contributed by atoms with van der Waals surface area (Å²) < 4.78 is 0. The average molecular weight is 410 g/mol. The van der Waals surface area contributed by atoms with Gasteiger partial charge in [-0.3, -0.25) is 34.3 Å². The first kappa shape index (κ1) is 19.4. The molecule has 30 heavy (non-hydrogen) atoms. The van der Waals surface area contributed by atoms with Crippen LogP contribution in [0, 0.1) is 5.41 Å². The van der Waals surface area contributed by atoms with Crippen molar-refractivity contribution < 1.29 is 19.2 Å². The van der Waals surface area contributed by atoms with E-state index < -0.39 is 23.8 Å². The van der Waals surface area contributed by atoms with Crippen LogP contribution in [0.3, 0.4) is 0 Å². The van der Waals surface area contributed by atoms with Gasteiger partial charge in [0.2, 0.25) is 11.8 Å². The third kappa shape index (κ3) is 2.89. The molecule has 4 fully saturated rings. The van der Waals surface area contributed by atoms with Crippen LogP contribution in [-0.4, -0.2) is 58.6 Å². The van der Waals surface area contributed by atoms with E-state index in [0.717, 1.165) is 42.7 Å². The van der Waals surface area contributed by atoms with Gasteiger partial charge in [-0.05, 0) is 55.7 Å². The Hall–Kier alpha value is -2.58. The lowest BCUT2D eigenvalue weighted by molar-refractivity contribution is -0.136. The lowest BCUT2D eigenvalue weighted by atomic mass is 9.67. The van der Waals surface area contributed by atoms with Crippen LogP contribution in [0.25, 0.3) is 0 Å². The molecule has 1 aromatic rings. The first-order valence-electron chi connectivity index (χ1n) is 10.7. The van der Waals surface area contributed by atoms with Gasteiger partial charge in [-0.15, -0.1) is 0 Å². The molecule has 158 valence electrons. The van der Waals surface area contributed by atoms with Gasteiger partial charge in [-0.2, -0.15) is 0 Å². The number of imide groups is 2. The maximum Gasteiger partial charge on any atom is 0.262 e. The van der Waals surface area contributed by atoms with Crippen LogP contribution in [0.2, 0.25) is 0 Å². The Kier molecular flexibility index (Phi) is 4.52. The van der Waals surface area contributed by atoms with Crippen molar-refractivity contribution in [3.8, 4) is 0 Å². The Balaban J connectivity index is 1.43. The quantitative estimate of drug-likeness (QED) is 0.710. The van der Waals surface area contributed by atoms with Crippen LogP contribution >= 0.6 is 0 Å². The minimum atomic E-state index is -0.936. The number of amides is 4. The summed E-state index contributed by atoms with van der Waals surface area (Å²) in [5.41, 5.74) is 7.81. The van der Waals surface area contributed by atoms with Crippen LogP contribution in [0.4, 0.5) is 0 Å². The van der Waals surface area contributed by atoms with E-state index >= 15 is 0 Å². The SMILES string of the molecule is NCC12CCC(CC1)N(Cc1cccc3c1C(=O)N(C1CCC(=O)NC1=O)C3=O)C2. The van der Waals surface area contributed by atoms with Gasteiger partial charge in [0.1, 0.15) is 6.04 Å². The monoisotopic (exact) mass is 410 g/mol. The number of nitrogens with two attached hydrogens (primary N) is 1. The van der Waals surface area contributed by atoms with Crippen LogP contribution < -0.4 is 11.1 Å². The third-order valence-corrected chi connectivity index (χ3v) is 7.43. The smallest absolute Gasteiger partial charge is 0.262 e. The summed E-state index contributed by atoms with van der Waals surface area (Å²) in [6.45, 7) is 2.18. The van der Waals surface area contributed by atoms with E-state index in [1.165, 1.54) is 0 Å². The average Bonchev–Trinajstić information content (AvgIpc) is 3.00. The number of nitrogens with one attached hydrogen (secondary N) is 1. The van der Waals surface area contributed by atoms with Crippen molar-refractivity contribution in [1.29, 1.82) is 0 Å². The van der Waals surface area contributed by atoms with Gasteiger partial charge >= 0.3 is 0 Å². The zero-order chi connectivity index (χ0) is 21.0. The lowest BCUT2D eigenvalue weighted by Gasteiger charge is -2.52. The number of benzene rings is 1. The van der Waals surface area contributed by atoms with Crippen LogP contribution in [0.1, 0.15) is 64.8 Å². The predicted octanol–water partition coefficient (Wildman–Crippen LogP) is 0.791. The molecular formula is C22H26N4O4. The van der Waals surface area contributed by atoms with Gasteiger partial charge in [0.15, 0.2) is 0 Å². The fourth-order valence-electron chi connectivity index (χ4n) is 5.69. The fourth-order valence-corrected chi connectivity index (χ4v) is 5.69. The van der Waals surface area contributed by atoms with Crippen molar-refractivity contribution in [2.45, 2.75) is 57.2 Å². The minimum Gasteiger partial charge on any atom is -0.330 e. The molecule has 5 aliphatic rings. The molecule has 4 amide bonds. The van der Waals surface area contributed by atoms with Crippen molar-refractivity contribution >= 4 is 23.6 Å². The molecule has 0 radical (unpaired) electrons. The van der Waals surface area contributed by atoms with E-state index in [1.807, 2.05) is 6.07 Å². The number of carbonyl (C=O) groups excluding carboxylic acids is 4. The van der Waals surface area contributed by atoms with Crippen LogP contribution in [0.5, 0.6) is 0 Å². The summed E-state index contributed by atoms with van der Waals surface area (Å²) >= 11 is 0. The van der Waals surface area contributed by atoms with Crippen molar-refractivity contribution in [1.82, 2.24) is 15.1 Å². The molecule has 1 saturated carbocycles. The lowest BCUT2D eigenvalue weighted by Crippen LogP contribution is -2.56. The summed E-state index contributed by atoms with van der Waals surface area (Å²) in [5, 5.41) is 2.24. The molecule has 3 N–H and O–H groups in total. The Bertz CT molecular complexity index is 950. The second kappa shape index (κ2) is 6.99. The molecule has 1 aliphatic carbocycles. The Labute approximate surface area is 174 Å². The van der Waals surface area contributed by atoms with Crippen LogP contribution in [-0.2, 0) is 16.1 Å². The fraction of sp³-hybridized carbons (Fsp3) is 0.545. The molecule has 6 rings (SSSR count). The zero-order valence-electron chi connectivity index (χ0n) is 16.9. The number of piperidine rings is 3. The standard InChI is InChI=1S/C22H26N4O4/c23-11-22-8-6-14(7-9-22)25(12-22)10-13-2-1-3-15-18(13)21(30)26(20(15)29)16-4-5-17(27)24-19(16)28/h1-3,14,16H,4-12,23H2,(H,24,27,28). The Morgan fingerprint density at radius 3 is 2.53 bits per heavy atom. The first-order chi connectivity index (χ1) is 14.4. The predicted molar refractivity (Wildman–Crippen MR) is 107 cm³/mol. The van der Waals surface area contributed by atoms with Gasteiger partial charge in [-0.25, -0.2) is 0 Å². The van der Waals surface area contributed by atoms with Crippen molar-refractivity contribution in [3.63, 3.8) is 0 Å². The number of fused-ring (bicyclic) bond motifs is 4. The number of nitrogens with zero attached hydrogens (tertiary/aromatic N) is 2. The van der Waals surface area contributed by atoms with E-state index in [9.17, 15) is 19.2 Å². The maximum absolute atomic E-state index is 13.3. The summed E-state index contributed by atoms with van der Waals surface area (Å²) in [6, 6.07) is 4.89. The molecule has 8 heteroatoms. The van der Waals surface area contributed by atoms with Gasteiger partial charge in [0.25, 0.3) is 11.8 Å². The zero-order valence-corrected chi connectivity index (χ0v) is 16.9. The minimum absolute atomic E-state index is 0.118.